The van der Waals surface area contributed by atoms with E-state index >= 15 is 0 Å². The monoisotopic (exact) mass is 356 g/mol. The van der Waals surface area contributed by atoms with Crippen molar-refractivity contribution in [3.63, 3.8) is 0 Å². The minimum absolute atomic E-state index is 0.949. The Kier molecular flexibility index (Phi) is 4.38. The van der Waals surface area contributed by atoms with E-state index in [2.05, 4.69) is 9.80 Å². The lowest BCUT2D eigenvalue weighted by molar-refractivity contribution is -0.0646. The smallest absolute Gasteiger partial charge is 0.0153 e. The number of fused-ring (bicyclic) bond motifs is 2. The van der Waals surface area contributed by atoms with Crippen LogP contribution in [0.4, 0.5) is 0 Å². The summed E-state index contributed by atoms with van der Waals surface area (Å²) in [5, 5.41) is 0. The van der Waals surface area contributed by atoms with Gasteiger partial charge in [0.1, 0.15) is 0 Å². The van der Waals surface area contributed by atoms with Crippen LogP contribution in [0.2, 0.25) is 0 Å². The zero-order chi connectivity index (χ0) is 17.1. The van der Waals surface area contributed by atoms with Gasteiger partial charge in [-0.15, -0.1) is 0 Å². The molecule has 0 amide bonds. The highest BCUT2D eigenvalue weighted by atomic mass is 15.3. The molecule has 1 saturated heterocycles. The van der Waals surface area contributed by atoms with Crippen LogP contribution in [0.15, 0.2) is 0 Å². The van der Waals surface area contributed by atoms with Crippen LogP contribution in [-0.4, -0.2) is 48.1 Å². The predicted octanol–water partition coefficient (Wildman–Crippen LogP) is 4.79. The summed E-state index contributed by atoms with van der Waals surface area (Å²) in [6.45, 7) is 5.58. The van der Waals surface area contributed by atoms with Crippen LogP contribution in [0.3, 0.4) is 0 Å². The Morgan fingerprint density at radius 1 is 0.462 bits per heavy atom. The Labute approximate surface area is 161 Å². The van der Waals surface area contributed by atoms with E-state index in [0.717, 1.165) is 47.6 Å². The summed E-state index contributed by atoms with van der Waals surface area (Å²) in [6.07, 6.45) is 18.6. The van der Waals surface area contributed by atoms with E-state index < -0.39 is 0 Å². The molecule has 0 radical (unpaired) electrons. The summed E-state index contributed by atoms with van der Waals surface area (Å²) in [4.78, 5) is 5.99. The molecule has 7 rings (SSSR count). The lowest BCUT2D eigenvalue weighted by atomic mass is 9.54. The third-order valence-electron chi connectivity index (χ3n) is 9.87. The molecule has 2 heteroatoms. The Balaban J connectivity index is 1.12. The van der Waals surface area contributed by atoms with Crippen LogP contribution < -0.4 is 0 Å². The first-order valence-electron chi connectivity index (χ1n) is 12.3. The molecule has 0 aromatic rings. The molecular weight excluding hydrogens is 316 g/mol. The molecule has 0 aromatic heterocycles. The van der Waals surface area contributed by atoms with Crippen LogP contribution in [-0.2, 0) is 0 Å². The minimum Gasteiger partial charge on any atom is -0.299 e. The van der Waals surface area contributed by atoms with Gasteiger partial charge in [0.05, 0.1) is 0 Å². The van der Waals surface area contributed by atoms with Gasteiger partial charge in [0.25, 0.3) is 0 Å². The van der Waals surface area contributed by atoms with Crippen molar-refractivity contribution < 1.29 is 0 Å². The zero-order valence-electron chi connectivity index (χ0n) is 16.8. The van der Waals surface area contributed by atoms with Crippen molar-refractivity contribution in [3.8, 4) is 0 Å². The summed E-state index contributed by atoms with van der Waals surface area (Å²) in [7, 11) is 0. The number of hydrogen-bond acceptors (Lipinski definition) is 2. The second-order valence-electron chi connectivity index (χ2n) is 11.3. The maximum absolute atomic E-state index is 3.01. The second-order valence-corrected chi connectivity index (χ2v) is 11.3. The lowest BCUT2D eigenvalue weighted by Gasteiger charge is -2.57. The largest absolute Gasteiger partial charge is 0.299 e. The van der Waals surface area contributed by atoms with E-state index in [1.54, 1.807) is 44.9 Å². The highest BCUT2D eigenvalue weighted by molar-refractivity contribution is 5.02. The fourth-order valence-electron chi connectivity index (χ4n) is 9.15. The molecule has 7 aliphatic rings. The van der Waals surface area contributed by atoms with Crippen LogP contribution >= 0.6 is 0 Å². The number of rotatable bonds is 2. The average molecular weight is 357 g/mol. The highest BCUT2D eigenvalue weighted by Gasteiger charge is 2.50. The first-order valence-corrected chi connectivity index (χ1v) is 12.3. The summed E-state index contributed by atoms with van der Waals surface area (Å²) < 4.78 is 0. The van der Waals surface area contributed by atoms with E-state index in [-0.39, 0.29) is 0 Å². The van der Waals surface area contributed by atoms with Gasteiger partial charge in [0, 0.05) is 25.2 Å². The van der Waals surface area contributed by atoms with Gasteiger partial charge in [-0.25, -0.2) is 0 Å². The van der Waals surface area contributed by atoms with Crippen molar-refractivity contribution in [2.24, 2.45) is 35.5 Å². The molecule has 26 heavy (non-hydrogen) atoms. The maximum atomic E-state index is 3.01. The SMILES string of the molecule is C1CC2CCC(N3CCCN(C4C5CC6CC(C5)CC4C6)CC3)C(C1)C2. The fraction of sp³-hybridized carbons (Fsp3) is 1.00. The van der Waals surface area contributed by atoms with E-state index in [0.29, 0.717) is 0 Å². The zero-order valence-corrected chi connectivity index (χ0v) is 16.8. The van der Waals surface area contributed by atoms with Gasteiger partial charge in [-0.3, -0.25) is 9.80 Å². The summed E-state index contributed by atoms with van der Waals surface area (Å²) in [5.41, 5.74) is 0. The molecule has 0 N–H and O–H groups in total. The van der Waals surface area contributed by atoms with E-state index in [9.17, 15) is 0 Å². The minimum atomic E-state index is 0.949. The molecule has 1 aliphatic heterocycles. The molecule has 3 atom stereocenters. The topological polar surface area (TPSA) is 6.48 Å². The first-order chi connectivity index (χ1) is 12.8. The molecular formula is C24H40N2. The molecule has 0 aromatic carbocycles. The van der Waals surface area contributed by atoms with Crippen molar-refractivity contribution in [1.29, 1.82) is 0 Å². The average Bonchev–Trinajstić information content (AvgIpc) is 2.87. The maximum Gasteiger partial charge on any atom is 0.0153 e. The number of nitrogens with zero attached hydrogens (tertiary/aromatic N) is 2. The van der Waals surface area contributed by atoms with Gasteiger partial charge in [0.15, 0.2) is 0 Å². The van der Waals surface area contributed by atoms with Crippen molar-refractivity contribution in [2.45, 2.75) is 89.1 Å². The molecule has 6 saturated carbocycles. The van der Waals surface area contributed by atoms with Gasteiger partial charge >= 0.3 is 0 Å². The summed E-state index contributed by atoms with van der Waals surface area (Å²) >= 11 is 0. The van der Waals surface area contributed by atoms with Gasteiger partial charge < -0.3 is 0 Å². The predicted molar refractivity (Wildman–Crippen MR) is 107 cm³/mol. The van der Waals surface area contributed by atoms with E-state index in [4.69, 9.17) is 0 Å². The molecule has 2 nitrogen and oxygen atoms in total. The summed E-state index contributed by atoms with van der Waals surface area (Å²) in [5.74, 6) is 6.55. The molecule has 7 fully saturated rings. The number of hydrogen-bond donors (Lipinski definition) is 0. The van der Waals surface area contributed by atoms with Crippen molar-refractivity contribution in [3.05, 3.63) is 0 Å². The van der Waals surface area contributed by atoms with Crippen LogP contribution in [0.1, 0.15) is 77.0 Å². The normalized spacial score (nSPS) is 52.2. The molecule has 6 bridgehead atoms. The molecule has 3 unspecified atom stereocenters. The van der Waals surface area contributed by atoms with Crippen molar-refractivity contribution in [1.82, 2.24) is 9.80 Å². The third kappa shape index (κ3) is 2.89. The second kappa shape index (κ2) is 6.76. The van der Waals surface area contributed by atoms with Gasteiger partial charge in [-0.1, -0.05) is 12.8 Å². The van der Waals surface area contributed by atoms with Gasteiger partial charge in [-0.2, -0.15) is 0 Å². The molecule has 146 valence electrons. The summed E-state index contributed by atoms with van der Waals surface area (Å²) in [6, 6.07) is 1.93. The highest BCUT2D eigenvalue weighted by Crippen LogP contribution is 2.55. The molecule has 6 aliphatic carbocycles. The van der Waals surface area contributed by atoms with Crippen LogP contribution in [0.5, 0.6) is 0 Å². The quantitative estimate of drug-likeness (QED) is 0.702. The van der Waals surface area contributed by atoms with Crippen molar-refractivity contribution >= 4 is 0 Å². The van der Waals surface area contributed by atoms with Crippen LogP contribution in [0, 0.1) is 35.5 Å². The van der Waals surface area contributed by atoms with Gasteiger partial charge in [-0.05, 0) is 113 Å². The van der Waals surface area contributed by atoms with E-state index in [1.807, 2.05) is 0 Å². The van der Waals surface area contributed by atoms with Gasteiger partial charge in [0.2, 0.25) is 0 Å². The fourth-order valence-corrected chi connectivity index (χ4v) is 9.15. The Morgan fingerprint density at radius 2 is 1.15 bits per heavy atom. The molecule has 1 heterocycles. The Bertz CT molecular complexity index is 488. The van der Waals surface area contributed by atoms with E-state index in [1.165, 1.54) is 58.3 Å². The lowest BCUT2D eigenvalue weighted by Crippen LogP contribution is -2.56. The Hall–Kier alpha value is -0.0800. The third-order valence-corrected chi connectivity index (χ3v) is 9.87. The van der Waals surface area contributed by atoms with Crippen LogP contribution in [0.25, 0.3) is 0 Å². The van der Waals surface area contributed by atoms with Crippen molar-refractivity contribution in [2.75, 3.05) is 26.2 Å². The standard InChI is InChI=1S/C24H40N2/c1-3-17-5-6-23(20(4-1)12-17)25-7-2-8-26(10-9-25)24-21-13-18-11-19(15-21)16-22(24)14-18/h17-24H,1-16H2. The Morgan fingerprint density at radius 3 is 1.96 bits per heavy atom. The molecule has 0 spiro atoms. The first kappa shape index (κ1) is 16.8.